The van der Waals surface area contributed by atoms with Gasteiger partial charge in [-0.3, -0.25) is 0 Å². The van der Waals surface area contributed by atoms with Crippen molar-refractivity contribution in [3.63, 3.8) is 0 Å². The Morgan fingerprint density at radius 3 is 2.47 bits per heavy atom. The highest BCUT2D eigenvalue weighted by molar-refractivity contribution is 5.38. The Kier molecular flexibility index (Phi) is 5.87. The number of aliphatic hydroxyl groups excluding tert-OH is 1. The SMILES string of the molecule is CC(C)=CCCC(C)C1CCC2(C)C3=C(CC[C@]12C)[C@@]1(C)CC[C@H](O)C(C)C1CC3. The van der Waals surface area contributed by atoms with Gasteiger partial charge < -0.3 is 5.11 Å². The van der Waals surface area contributed by atoms with Crippen molar-refractivity contribution < 1.29 is 5.11 Å². The lowest BCUT2D eigenvalue weighted by molar-refractivity contribution is -0.0412. The van der Waals surface area contributed by atoms with Crippen LogP contribution in [0.25, 0.3) is 0 Å². The Balaban J connectivity index is 1.63. The summed E-state index contributed by atoms with van der Waals surface area (Å²) in [7, 11) is 0. The van der Waals surface area contributed by atoms with Gasteiger partial charge in [0.15, 0.2) is 0 Å². The summed E-state index contributed by atoms with van der Waals surface area (Å²) in [4.78, 5) is 0. The van der Waals surface area contributed by atoms with Crippen molar-refractivity contribution in [2.75, 3.05) is 0 Å². The highest BCUT2D eigenvalue weighted by Crippen LogP contribution is 2.71. The topological polar surface area (TPSA) is 20.2 Å². The molecule has 0 amide bonds. The predicted molar refractivity (Wildman–Crippen MR) is 128 cm³/mol. The molecule has 2 saturated carbocycles. The molecule has 0 saturated heterocycles. The summed E-state index contributed by atoms with van der Waals surface area (Å²) in [5.41, 5.74) is 6.44. The zero-order valence-corrected chi connectivity index (χ0v) is 21.0. The minimum absolute atomic E-state index is 0.0767. The monoisotopic (exact) mass is 412 g/mol. The predicted octanol–water partition coefficient (Wildman–Crippen LogP) is 8.09. The van der Waals surface area contributed by atoms with Gasteiger partial charge in [0, 0.05) is 0 Å². The standard InChI is InChI=1S/C29H48O/c1-19(2)9-8-10-20(3)22-13-17-29(7)25-12-11-23-21(4)26(30)15-16-27(23,5)24(25)14-18-28(22,29)6/h9,20-23,26,30H,8,10-18H2,1-7H3/t20?,21?,22?,23?,26-,27-,28+,29?/m0/s1. The van der Waals surface area contributed by atoms with Crippen molar-refractivity contribution in [2.24, 2.45) is 39.9 Å². The summed E-state index contributed by atoms with van der Waals surface area (Å²) in [6.45, 7) is 17.3. The molecule has 1 N–H and O–H groups in total. The fraction of sp³-hybridized carbons (Fsp3) is 0.862. The molecule has 4 aliphatic carbocycles. The molecule has 0 spiro atoms. The molecule has 0 bridgehead atoms. The first kappa shape index (κ1) is 22.6. The molecular weight excluding hydrogens is 364 g/mol. The van der Waals surface area contributed by atoms with E-state index in [1.165, 1.54) is 63.4 Å². The maximum Gasteiger partial charge on any atom is 0.0569 e. The van der Waals surface area contributed by atoms with Crippen LogP contribution in [0.5, 0.6) is 0 Å². The van der Waals surface area contributed by atoms with Crippen LogP contribution in [0.4, 0.5) is 0 Å². The van der Waals surface area contributed by atoms with Gasteiger partial charge in [-0.15, -0.1) is 0 Å². The highest BCUT2D eigenvalue weighted by atomic mass is 16.3. The summed E-state index contributed by atoms with van der Waals surface area (Å²) in [6.07, 6.45) is 15.3. The van der Waals surface area contributed by atoms with Crippen LogP contribution in [-0.2, 0) is 0 Å². The van der Waals surface area contributed by atoms with Gasteiger partial charge in [-0.2, -0.15) is 0 Å². The normalized spacial score (nSPS) is 46.7. The van der Waals surface area contributed by atoms with Gasteiger partial charge in [-0.05, 0) is 118 Å². The van der Waals surface area contributed by atoms with E-state index in [4.69, 9.17) is 0 Å². The first-order chi connectivity index (χ1) is 14.0. The van der Waals surface area contributed by atoms with Crippen LogP contribution in [0.3, 0.4) is 0 Å². The molecule has 5 unspecified atom stereocenters. The van der Waals surface area contributed by atoms with Crippen LogP contribution < -0.4 is 0 Å². The van der Waals surface area contributed by atoms with E-state index in [-0.39, 0.29) is 6.10 Å². The molecule has 0 heterocycles. The number of hydrogen-bond donors (Lipinski definition) is 1. The molecule has 8 atom stereocenters. The lowest BCUT2D eigenvalue weighted by Crippen LogP contribution is -2.51. The lowest BCUT2D eigenvalue weighted by Gasteiger charge is -2.60. The summed E-state index contributed by atoms with van der Waals surface area (Å²) in [6, 6.07) is 0. The van der Waals surface area contributed by atoms with Crippen LogP contribution in [0.15, 0.2) is 22.8 Å². The molecule has 0 radical (unpaired) electrons. The second-order valence-electron chi connectivity index (χ2n) is 12.7. The second-order valence-corrected chi connectivity index (χ2v) is 12.7. The summed E-state index contributed by atoms with van der Waals surface area (Å²) in [5.74, 6) is 2.85. The highest BCUT2D eigenvalue weighted by Gasteiger charge is 2.62. The van der Waals surface area contributed by atoms with E-state index in [1.54, 1.807) is 0 Å². The Labute approximate surface area is 186 Å². The van der Waals surface area contributed by atoms with E-state index in [0.29, 0.717) is 28.1 Å². The van der Waals surface area contributed by atoms with E-state index in [2.05, 4.69) is 54.5 Å². The molecule has 4 rings (SSSR count). The van der Waals surface area contributed by atoms with Gasteiger partial charge in [-0.25, -0.2) is 0 Å². The van der Waals surface area contributed by atoms with Gasteiger partial charge in [0.05, 0.1) is 6.10 Å². The zero-order chi connectivity index (χ0) is 21.9. The van der Waals surface area contributed by atoms with E-state index in [1.807, 2.05) is 11.1 Å². The van der Waals surface area contributed by atoms with Crippen molar-refractivity contribution >= 4 is 0 Å². The van der Waals surface area contributed by atoms with E-state index < -0.39 is 0 Å². The third-order valence-corrected chi connectivity index (χ3v) is 11.2. The molecule has 30 heavy (non-hydrogen) atoms. The summed E-state index contributed by atoms with van der Waals surface area (Å²) in [5, 5.41) is 10.5. The first-order valence-corrected chi connectivity index (χ1v) is 13.1. The van der Waals surface area contributed by atoms with Crippen molar-refractivity contribution in [3.05, 3.63) is 22.8 Å². The summed E-state index contributed by atoms with van der Waals surface area (Å²) >= 11 is 0. The number of fused-ring (bicyclic) bond motifs is 4. The summed E-state index contributed by atoms with van der Waals surface area (Å²) < 4.78 is 0. The average Bonchev–Trinajstić information content (AvgIpc) is 2.96. The molecule has 2 fully saturated rings. The first-order valence-electron chi connectivity index (χ1n) is 13.1. The van der Waals surface area contributed by atoms with Crippen molar-refractivity contribution in [3.8, 4) is 0 Å². The van der Waals surface area contributed by atoms with Crippen molar-refractivity contribution in [2.45, 2.75) is 119 Å². The number of aliphatic hydroxyl groups is 1. The average molecular weight is 413 g/mol. The molecule has 1 heteroatoms. The Morgan fingerprint density at radius 1 is 1.03 bits per heavy atom. The van der Waals surface area contributed by atoms with Crippen LogP contribution in [0, 0.1) is 39.9 Å². The Hall–Kier alpha value is -0.560. The maximum absolute atomic E-state index is 10.5. The largest absolute Gasteiger partial charge is 0.393 e. The fourth-order valence-corrected chi connectivity index (χ4v) is 9.09. The van der Waals surface area contributed by atoms with Crippen LogP contribution in [-0.4, -0.2) is 11.2 Å². The van der Waals surface area contributed by atoms with Gasteiger partial charge in [0.1, 0.15) is 0 Å². The smallest absolute Gasteiger partial charge is 0.0569 e. The lowest BCUT2D eigenvalue weighted by atomic mass is 9.45. The third kappa shape index (κ3) is 3.20. The Morgan fingerprint density at radius 2 is 1.77 bits per heavy atom. The van der Waals surface area contributed by atoms with E-state index >= 15 is 0 Å². The number of allylic oxidation sites excluding steroid dienone is 4. The molecule has 0 aromatic rings. The Bertz CT molecular complexity index is 727. The van der Waals surface area contributed by atoms with Crippen molar-refractivity contribution in [1.29, 1.82) is 0 Å². The fourth-order valence-electron chi connectivity index (χ4n) is 9.09. The third-order valence-electron chi connectivity index (χ3n) is 11.2. The van der Waals surface area contributed by atoms with E-state index in [0.717, 1.165) is 18.3 Å². The van der Waals surface area contributed by atoms with Gasteiger partial charge in [-0.1, -0.05) is 57.4 Å². The number of rotatable bonds is 4. The van der Waals surface area contributed by atoms with Gasteiger partial charge in [0.25, 0.3) is 0 Å². The molecular formula is C29H48O. The maximum atomic E-state index is 10.5. The molecule has 170 valence electrons. The zero-order valence-electron chi connectivity index (χ0n) is 21.0. The molecule has 0 aliphatic heterocycles. The van der Waals surface area contributed by atoms with Crippen molar-refractivity contribution in [1.82, 2.24) is 0 Å². The van der Waals surface area contributed by atoms with Crippen LogP contribution in [0.2, 0.25) is 0 Å². The van der Waals surface area contributed by atoms with Gasteiger partial charge in [0.2, 0.25) is 0 Å². The molecule has 4 aliphatic rings. The second kappa shape index (κ2) is 7.79. The van der Waals surface area contributed by atoms with Gasteiger partial charge >= 0.3 is 0 Å². The minimum atomic E-state index is -0.0767. The minimum Gasteiger partial charge on any atom is -0.393 e. The molecule has 0 aromatic heterocycles. The van der Waals surface area contributed by atoms with E-state index in [9.17, 15) is 5.11 Å². The molecule has 0 aromatic carbocycles. The van der Waals surface area contributed by atoms with Crippen LogP contribution >= 0.6 is 0 Å². The quantitative estimate of drug-likeness (QED) is 0.462. The molecule has 1 nitrogen and oxygen atoms in total. The number of hydrogen-bond acceptors (Lipinski definition) is 1. The van der Waals surface area contributed by atoms with Crippen LogP contribution in [0.1, 0.15) is 113 Å².